The fourth-order valence-electron chi connectivity index (χ4n) is 0. The van der Waals surface area contributed by atoms with Crippen LogP contribution in [0.4, 0.5) is 0 Å². The minimum Gasteiger partial charge on any atom is -0.241 e. The molecular formula is HCl3OS. The van der Waals surface area contributed by atoms with E-state index in [-0.39, 0.29) is 0 Å². The van der Waals surface area contributed by atoms with Gasteiger partial charge in [0.25, 0.3) is 0 Å². The zero-order valence-corrected chi connectivity index (χ0v) is 5.15. The van der Waals surface area contributed by atoms with Crippen molar-refractivity contribution in [1.82, 2.24) is 0 Å². The molecule has 0 aliphatic heterocycles. The lowest BCUT2D eigenvalue weighted by Gasteiger charge is -1.84. The van der Waals surface area contributed by atoms with Gasteiger partial charge in [0.15, 0.2) is 0 Å². The number of hydrogen-bond donors (Lipinski definition) is 1. The molecule has 1 nitrogen and oxygen atoms in total. The summed E-state index contributed by atoms with van der Waals surface area (Å²) in [6, 6.07) is 0. The molecule has 0 fully saturated rings. The second-order valence-electron chi connectivity index (χ2n) is 0.399. The maximum Gasteiger partial charge on any atom is 0.103 e. The molecule has 0 N–H and O–H groups in total. The van der Waals surface area contributed by atoms with Crippen molar-refractivity contribution in [1.29, 1.82) is 0 Å². The Morgan fingerprint density at radius 3 is 1.20 bits per heavy atom. The van der Waals surface area contributed by atoms with Gasteiger partial charge in [-0.05, 0) is 32.0 Å². The van der Waals surface area contributed by atoms with Crippen molar-refractivity contribution < 1.29 is 4.21 Å². The highest BCUT2D eigenvalue weighted by Gasteiger charge is 1.91. The van der Waals surface area contributed by atoms with E-state index in [0.717, 1.165) is 0 Å². The molecule has 0 amide bonds. The Bertz CT molecular complexity index is 53.0. The quantitative estimate of drug-likeness (QED) is 0.414. The maximum absolute atomic E-state index is 9.51. The van der Waals surface area contributed by atoms with Crippen LogP contribution < -0.4 is 0 Å². The van der Waals surface area contributed by atoms with E-state index in [4.69, 9.17) is 0 Å². The van der Waals surface area contributed by atoms with Crippen LogP contribution in [0.25, 0.3) is 0 Å². The summed E-state index contributed by atoms with van der Waals surface area (Å²) in [6.07, 6.45) is 0. The van der Waals surface area contributed by atoms with Crippen LogP contribution in [0.2, 0.25) is 0 Å². The molecule has 0 aromatic carbocycles. The van der Waals surface area contributed by atoms with Crippen molar-refractivity contribution >= 4 is 39.6 Å². The van der Waals surface area contributed by atoms with Crippen molar-refractivity contribution in [3.05, 3.63) is 0 Å². The summed E-state index contributed by atoms with van der Waals surface area (Å²) >= 11 is 0. The fraction of sp³-hybridized carbons (Fsp3) is 0. The molecule has 0 spiro atoms. The van der Waals surface area contributed by atoms with Crippen LogP contribution in [-0.2, 0) is 7.57 Å². The number of halogens is 3. The zero-order valence-electron chi connectivity index (χ0n) is 1.99. The molecule has 5 heavy (non-hydrogen) atoms. The molecule has 0 saturated carbocycles. The molecule has 0 bridgehead atoms. The Morgan fingerprint density at radius 1 is 1.20 bits per heavy atom. The van der Waals surface area contributed by atoms with E-state index in [9.17, 15) is 4.21 Å². The van der Waals surface area contributed by atoms with Crippen LogP contribution in [-0.4, -0.2) is 4.21 Å². The summed E-state index contributed by atoms with van der Waals surface area (Å²) in [5, 5.41) is 0. The van der Waals surface area contributed by atoms with Gasteiger partial charge in [-0.2, -0.15) is 0 Å². The topological polar surface area (TPSA) is 17.1 Å². The second-order valence-corrected chi connectivity index (χ2v) is 7.04. The Balaban J connectivity index is 3.47. The fourth-order valence-corrected chi connectivity index (χ4v) is 0. The lowest BCUT2D eigenvalue weighted by atomic mass is 16.0. The highest BCUT2D eigenvalue weighted by atomic mass is 36.2. The largest absolute Gasteiger partial charge is 0.241 e. The molecule has 5 heteroatoms. The van der Waals surface area contributed by atoms with E-state index >= 15 is 0 Å². The van der Waals surface area contributed by atoms with E-state index < -0.39 is 7.57 Å². The molecule has 0 aliphatic rings. The third kappa shape index (κ3) is 44.0. The Hall–Kier alpha value is 1.02. The second kappa shape index (κ2) is 1.65. The molecule has 0 aromatic rings. The van der Waals surface area contributed by atoms with E-state index in [2.05, 4.69) is 32.0 Å². The smallest absolute Gasteiger partial charge is 0.103 e. The summed E-state index contributed by atoms with van der Waals surface area (Å²) in [5.41, 5.74) is 0. The summed E-state index contributed by atoms with van der Waals surface area (Å²) < 4.78 is 9.51. The van der Waals surface area contributed by atoms with Crippen molar-refractivity contribution in [2.45, 2.75) is 0 Å². The van der Waals surface area contributed by atoms with Crippen LogP contribution in [0.3, 0.4) is 0 Å². The number of rotatable bonds is 0. The van der Waals surface area contributed by atoms with E-state index in [1.807, 2.05) is 0 Å². The molecule has 0 rings (SSSR count). The number of hydrogen-bond acceptors (Lipinski definition) is 1. The normalized spacial score (nSPS) is 15.0. The predicted octanol–water partition coefficient (Wildman–Crippen LogP) is 1.46. The standard InChI is InChI=1S/Cl3HOS/c1-5(2,3)4/h5H. The van der Waals surface area contributed by atoms with Crippen LogP contribution >= 0.6 is 32.0 Å². The Labute approximate surface area is 44.1 Å². The van der Waals surface area contributed by atoms with Gasteiger partial charge >= 0.3 is 0 Å². The van der Waals surface area contributed by atoms with Gasteiger partial charge in [0.05, 0.1) is 0 Å². The molecular weight excluding hydrogens is 154 g/mol. The molecule has 0 atom stereocenters. The minimum atomic E-state index is -3.22. The first-order chi connectivity index (χ1) is 2.00. The van der Waals surface area contributed by atoms with Gasteiger partial charge in [0.1, 0.15) is 7.57 Å². The molecule has 0 aromatic heterocycles. The first kappa shape index (κ1) is 6.02. The average molecular weight is 155 g/mol. The van der Waals surface area contributed by atoms with Crippen molar-refractivity contribution in [3.8, 4) is 0 Å². The molecule has 0 heterocycles. The summed E-state index contributed by atoms with van der Waals surface area (Å²) in [4.78, 5) is 0. The number of thiol groups is 1. The monoisotopic (exact) mass is 154 g/mol. The molecule has 0 radical (unpaired) electrons. The third-order valence-corrected chi connectivity index (χ3v) is 0. The predicted molar refractivity (Wildman–Crippen MR) is 27.1 cm³/mol. The maximum atomic E-state index is 9.51. The Kier molecular flexibility index (Phi) is 1.98. The molecule has 0 unspecified atom stereocenters. The summed E-state index contributed by atoms with van der Waals surface area (Å²) in [7, 11) is 10.6. The van der Waals surface area contributed by atoms with Crippen LogP contribution in [0.5, 0.6) is 0 Å². The summed E-state index contributed by atoms with van der Waals surface area (Å²) in [6.45, 7) is 0. The van der Waals surface area contributed by atoms with Crippen LogP contribution in [0.1, 0.15) is 0 Å². The molecule has 0 aliphatic carbocycles. The van der Waals surface area contributed by atoms with Crippen molar-refractivity contribution in [3.63, 3.8) is 0 Å². The summed E-state index contributed by atoms with van der Waals surface area (Å²) in [5.74, 6) is 0. The van der Waals surface area contributed by atoms with Gasteiger partial charge in [0.2, 0.25) is 0 Å². The van der Waals surface area contributed by atoms with E-state index in [1.54, 1.807) is 0 Å². The molecule has 34 valence electrons. The van der Waals surface area contributed by atoms with Crippen LogP contribution in [0.15, 0.2) is 0 Å². The SMILES string of the molecule is O=[SH](Cl)(Cl)Cl. The van der Waals surface area contributed by atoms with Crippen molar-refractivity contribution in [2.24, 2.45) is 0 Å². The minimum absolute atomic E-state index is 3.22. The van der Waals surface area contributed by atoms with E-state index in [0.29, 0.717) is 0 Å². The van der Waals surface area contributed by atoms with Gasteiger partial charge in [-0.1, -0.05) is 0 Å². The van der Waals surface area contributed by atoms with Gasteiger partial charge < -0.3 is 0 Å². The highest BCUT2D eigenvalue weighted by molar-refractivity contribution is 8.54. The van der Waals surface area contributed by atoms with Crippen molar-refractivity contribution in [2.75, 3.05) is 0 Å². The zero-order chi connectivity index (χ0) is 4.50. The lowest BCUT2D eigenvalue weighted by Crippen LogP contribution is -1.66. The highest BCUT2D eigenvalue weighted by Crippen LogP contribution is 2.19. The van der Waals surface area contributed by atoms with E-state index in [1.165, 1.54) is 0 Å². The van der Waals surface area contributed by atoms with Gasteiger partial charge in [-0.3, -0.25) is 0 Å². The van der Waals surface area contributed by atoms with Gasteiger partial charge in [-0.25, -0.2) is 4.21 Å². The van der Waals surface area contributed by atoms with Gasteiger partial charge in [0, 0.05) is 0 Å². The Morgan fingerprint density at radius 2 is 1.20 bits per heavy atom. The lowest BCUT2D eigenvalue weighted by molar-refractivity contribution is 0.695. The average Bonchev–Trinajstić information content (AvgIpc) is 0.722. The van der Waals surface area contributed by atoms with Crippen LogP contribution in [0, 0.1) is 0 Å². The molecule has 0 saturated heterocycles. The van der Waals surface area contributed by atoms with Gasteiger partial charge in [-0.15, -0.1) is 0 Å². The third-order valence-electron chi connectivity index (χ3n) is 0. The first-order valence-electron chi connectivity index (χ1n) is 0.690. The first-order valence-corrected chi connectivity index (χ1v) is 5.11.